The van der Waals surface area contributed by atoms with Gasteiger partial charge in [-0.15, -0.1) is 11.3 Å². The Kier molecular flexibility index (Phi) is 5.15. The molecule has 138 valence electrons. The largest absolute Gasteiger partial charge is 0.510 e. The number of aliphatic hydroxyl groups is 1. The number of fused-ring (bicyclic) bond motifs is 1. The highest BCUT2D eigenvalue weighted by atomic mass is 32.2. The Bertz CT molecular complexity index is 1180. The summed E-state index contributed by atoms with van der Waals surface area (Å²) in [6.07, 6.45) is 3.62. The number of aromatic nitrogens is 3. The van der Waals surface area contributed by atoms with Crippen molar-refractivity contribution >= 4 is 38.9 Å². The Hall–Kier alpha value is -3.08. The number of nitrogens with zero attached hydrogens (tertiary/aromatic N) is 4. The molecule has 4 aromatic rings. The lowest BCUT2D eigenvalue weighted by atomic mass is 10.2. The molecule has 0 amide bonds. The second kappa shape index (κ2) is 7.89. The standard InChI is InChI=1S/C21H16N4OS2/c1-14-6-2-4-8-17(14)25-11-10-23-21(25)27-13-18(26)15(12-22)20-24-16-7-3-5-9-19(16)28-20/h2-11,26H,13H2,1H3/b18-15-. The van der Waals surface area contributed by atoms with Gasteiger partial charge in [0, 0.05) is 12.4 Å². The zero-order valence-corrected chi connectivity index (χ0v) is 16.7. The summed E-state index contributed by atoms with van der Waals surface area (Å²) in [5.74, 6) is 0.243. The lowest BCUT2D eigenvalue weighted by molar-refractivity contribution is 0.420. The molecule has 0 unspecified atom stereocenters. The Morgan fingerprint density at radius 2 is 2.00 bits per heavy atom. The van der Waals surface area contributed by atoms with Crippen molar-refractivity contribution in [2.45, 2.75) is 12.1 Å². The molecule has 0 fully saturated rings. The van der Waals surface area contributed by atoms with Gasteiger partial charge in [0.05, 0.1) is 21.7 Å². The van der Waals surface area contributed by atoms with Crippen molar-refractivity contribution in [3.05, 3.63) is 77.3 Å². The van der Waals surface area contributed by atoms with Crippen LogP contribution in [0.1, 0.15) is 10.6 Å². The van der Waals surface area contributed by atoms with E-state index in [1.807, 2.05) is 66.2 Å². The van der Waals surface area contributed by atoms with E-state index in [9.17, 15) is 10.4 Å². The number of allylic oxidation sites excluding steroid dienone is 1. The van der Waals surface area contributed by atoms with Crippen LogP contribution in [0.15, 0.2) is 71.8 Å². The predicted octanol–water partition coefficient (Wildman–Crippen LogP) is 5.38. The number of benzene rings is 2. The van der Waals surface area contributed by atoms with Crippen molar-refractivity contribution in [3.63, 3.8) is 0 Å². The summed E-state index contributed by atoms with van der Waals surface area (Å²) in [5, 5.41) is 21.4. The Balaban J connectivity index is 1.60. The molecular formula is C21H16N4OS2. The highest BCUT2D eigenvalue weighted by Gasteiger charge is 2.15. The maximum Gasteiger partial charge on any atom is 0.173 e. The van der Waals surface area contributed by atoms with Crippen LogP contribution in [-0.4, -0.2) is 25.4 Å². The summed E-state index contributed by atoms with van der Waals surface area (Å²) in [5.41, 5.74) is 3.21. The minimum atomic E-state index is 0.00545. The molecule has 0 atom stereocenters. The number of rotatable bonds is 5. The zero-order chi connectivity index (χ0) is 19.5. The molecule has 7 heteroatoms. The number of thiazole rings is 1. The first-order valence-corrected chi connectivity index (χ1v) is 10.4. The van der Waals surface area contributed by atoms with Gasteiger partial charge in [0.15, 0.2) is 5.16 Å². The van der Waals surface area contributed by atoms with E-state index in [-0.39, 0.29) is 17.1 Å². The molecule has 0 aliphatic carbocycles. The van der Waals surface area contributed by atoms with Crippen LogP contribution in [0.5, 0.6) is 0 Å². The summed E-state index contributed by atoms with van der Waals surface area (Å²) in [6.45, 7) is 2.04. The van der Waals surface area contributed by atoms with Crippen molar-refractivity contribution in [1.82, 2.24) is 14.5 Å². The van der Waals surface area contributed by atoms with Crippen molar-refractivity contribution in [2.75, 3.05) is 5.75 Å². The van der Waals surface area contributed by atoms with Gasteiger partial charge >= 0.3 is 0 Å². The SMILES string of the molecule is Cc1ccccc1-n1ccnc1SC/C(O)=C(\C#N)c1nc2ccccc2s1. The minimum Gasteiger partial charge on any atom is -0.510 e. The van der Waals surface area contributed by atoms with Gasteiger partial charge in [0.1, 0.15) is 22.4 Å². The van der Waals surface area contributed by atoms with E-state index in [0.29, 0.717) is 5.01 Å². The van der Waals surface area contributed by atoms with Crippen LogP contribution in [-0.2, 0) is 0 Å². The summed E-state index contributed by atoms with van der Waals surface area (Å²) < 4.78 is 2.97. The normalized spacial score (nSPS) is 12.0. The van der Waals surface area contributed by atoms with Gasteiger partial charge in [-0.3, -0.25) is 4.57 Å². The van der Waals surface area contributed by atoms with Gasteiger partial charge in [-0.1, -0.05) is 42.1 Å². The topological polar surface area (TPSA) is 74.7 Å². The number of hydrogen-bond acceptors (Lipinski definition) is 6. The van der Waals surface area contributed by atoms with Gasteiger partial charge in [0.2, 0.25) is 0 Å². The lowest BCUT2D eigenvalue weighted by Crippen LogP contribution is -1.99. The molecule has 2 aromatic carbocycles. The fraction of sp³-hybridized carbons (Fsp3) is 0.0952. The highest BCUT2D eigenvalue weighted by molar-refractivity contribution is 7.99. The summed E-state index contributed by atoms with van der Waals surface area (Å²) in [4.78, 5) is 8.87. The third-order valence-electron chi connectivity index (χ3n) is 4.23. The van der Waals surface area contributed by atoms with Gasteiger partial charge in [-0.25, -0.2) is 9.97 Å². The molecule has 0 saturated heterocycles. The number of thioether (sulfide) groups is 1. The first kappa shape index (κ1) is 18.3. The van der Waals surface area contributed by atoms with E-state index in [0.717, 1.165) is 26.6 Å². The number of imidazole rings is 1. The number of hydrogen-bond donors (Lipinski definition) is 1. The molecule has 0 saturated carbocycles. The average Bonchev–Trinajstić information content (AvgIpc) is 3.34. The number of nitriles is 1. The molecule has 0 aliphatic rings. The minimum absolute atomic E-state index is 0.00545. The van der Waals surface area contributed by atoms with Crippen molar-refractivity contribution in [3.8, 4) is 11.8 Å². The van der Waals surface area contributed by atoms with Crippen LogP contribution in [0.4, 0.5) is 0 Å². The smallest absolute Gasteiger partial charge is 0.173 e. The second-order valence-corrected chi connectivity index (χ2v) is 8.05. The fourth-order valence-corrected chi connectivity index (χ4v) is 4.66. The Morgan fingerprint density at radius 1 is 1.21 bits per heavy atom. The van der Waals surface area contributed by atoms with Gasteiger partial charge in [-0.2, -0.15) is 5.26 Å². The summed E-state index contributed by atoms with van der Waals surface area (Å²) in [6, 6.07) is 17.8. The molecule has 0 bridgehead atoms. The van der Waals surface area contributed by atoms with Crippen molar-refractivity contribution in [1.29, 1.82) is 5.26 Å². The van der Waals surface area contributed by atoms with Crippen molar-refractivity contribution in [2.24, 2.45) is 0 Å². The van der Waals surface area contributed by atoms with Crippen LogP contribution in [0, 0.1) is 18.3 Å². The van der Waals surface area contributed by atoms with E-state index in [1.165, 1.54) is 23.1 Å². The maximum atomic E-state index is 10.6. The lowest BCUT2D eigenvalue weighted by Gasteiger charge is -2.10. The van der Waals surface area contributed by atoms with Crippen LogP contribution in [0.3, 0.4) is 0 Å². The number of aliphatic hydroxyl groups excluding tert-OH is 1. The molecule has 1 N–H and O–H groups in total. The molecular weight excluding hydrogens is 388 g/mol. The van der Waals surface area contributed by atoms with E-state index in [2.05, 4.69) is 16.0 Å². The molecule has 4 rings (SSSR count). The third kappa shape index (κ3) is 3.52. The van der Waals surface area contributed by atoms with Crippen LogP contribution >= 0.6 is 23.1 Å². The highest BCUT2D eigenvalue weighted by Crippen LogP contribution is 2.30. The molecule has 0 aliphatic heterocycles. The molecule has 28 heavy (non-hydrogen) atoms. The average molecular weight is 405 g/mol. The predicted molar refractivity (Wildman–Crippen MR) is 114 cm³/mol. The molecule has 2 aromatic heterocycles. The van der Waals surface area contributed by atoms with E-state index in [1.54, 1.807) is 6.20 Å². The van der Waals surface area contributed by atoms with E-state index in [4.69, 9.17) is 0 Å². The fourth-order valence-electron chi connectivity index (χ4n) is 2.83. The monoisotopic (exact) mass is 404 g/mol. The molecule has 2 heterocycles. The van der Waals surface area contributed by atoms with Crippen LogP contribution in [0.2, 0.25) is 0 Å². The van der Waals surface area contributed by atoms with E-state index < -0.39 is 0 Å². The first-order valence-electron chi connectivity index (χ1n) is 8.57. The Labute approximate surface area is 170 Å². The molecule has 0 radical (unpaired) electrons. The molecule has 5 nitrogen and oxygen atoms in total. The molecule has 0 spiro atoms. The Morgan fingerprint density at radius 3 is 2.79 bits per heavy atom. The number of aryl methyl sites for hydroxylation is 1. The van der Waals surface area contributed by atoms with Gasteiger partial charge in [0.25, 0.3) is 0 Å². The maximum absolute atomic E-state index is 10.6. The van der Waals surface area contributed by atoms with Crippen LogP contribution in [0.25, 0.3) is 21.5 Å². The quantitative estimate of drug-likeness (QED) is 0.275. The van der Waals surface area contributed by atoms with Crippen molar-refractivity contribution < 1.29 is 5.11 Å². The van der Waals surface area contributed by atoms with Gasteiger partial charge < -0.3 is 5.11 Å². The van der Waals surface area contributed by atoms with Crippen LogP contribution < -0.4 is 0 Å². The summed E-state index contributed by atoms with van der Waals surface area (Å²) >= 11 is 2.78. The zero-order valence-electron chi connectivity index (χ0n) is 15.0. The van der Waals surface area contributed by atoms with E-state index >= 15 is 0 Å². The second-order valence-electron chi connectivity index (χ2n) is 6.08. The number of para-hydroxylation sites is 2. The summed E-state index contributed by atoms with van der Waals surface area (Å²) in [7, 11) is 0. The third-order valence-corrected chi connectivity index (χ3v) is 6.26. The van der Waals surface area contributed by atoms with Gasteiger partial charge in [-0.05, 0) is 30.7 Å². The first-order chi connectivity index (χ1) is 13.7.